The zero-order valence-corrected chi connectivity index (χ0v) is 7.78. The van der Waals surface area contributed by atoms with Gasteiger partial charge in [0.25, 0.3) is 0 Å². The van der Waals surface area contributed by atoms with Gasteiger partial charge in [-0.2, -0.15) is 5.10 Å². The van der Waals surface area contributed by atoms with E-state index in [0.717, 1.165) is 0 Å². The molecule has 1 aromatic rings. The van der Waals surface area contributed by atoms with Crippen LogP contribution in [0.25, 0.3) is 6.08 Å². The molecule has 0 atom stereocenters. The minimum Gasteiger partial charge on any atom is -0.461 e. The highest BCUT2D eigenvalue weighted by Gasteiger charge is 2.14. The molecule has 0 aromatic carbocycles. The van der Waals surface area contributed by atoms with Crippen LogP contribution in [0.1, 0.15) is 23.0 Å². The molecule has 1 rings (SSSR count). The smallest absolute Gasteiger partial charge is 0.359 e. The Kier molecular flexibility index (Phi) is 2.84. The van der Waals surface area contributed by atoms with Gasteiger partial charge < -0.3 is 4.74 Å². The summed E-state index contributed by atoms with van der Waals surface area (Å²) in [4.78, 5) is 11.3. The second kappa shape index (κ2) is 3.89. The topological polar surface area (TPSA) is 44.1 Å². The van der Waals surface area contributed by atoms with Crippen LogP contribution in [-0.4, -0.2) is 22.4 Å². The minimum atomic E-state index is -0.405. The summed E-state index contributed by atoms with van der Waals surface area (Å²) in [6, 6.07) is 0. The normalized spacial score (nSPS) is 9.69. The van der Waals surface area contributed by atoms with Gasteiger partial charge in [-0.3, -0.25) is 4.68 Å². The molecular weight excluding hydrogens is 168 g/mol. The summed E-state index contributed by atoms with van der Waals surface area (Å²) >= 11 is 0. The third-order valence-corrected chi connectivity index (χ3v) is 1.55. The minimum absolute atomic E-state index is 0.319. The van der Waals surface area contributed by atoms with E-state index < -0.39 is 5.97 Å². The fraction of sp³-hybridized carbons (Fsp3) is 0.333. The van der Waals surface area contributed by atoms with Gasteiger partial charge in [0.2, 0.25) is 0 Å². The quantitative estimate of drug-likeness (QED) is 0.657. The van der Waals surface area contributed by atoms with E-state index in [9.17, 15) is 4.79 Å². The lowest BCUT2D eigenvalue weighted by Gasteiger charge is -1.97. The van der Waals surface area contributed by atoms with Gasteiger partial charge in [0.15, 0.2) is 5.69 Å². The van der Waals surface area contributed by atoms with Crippen molar-refractivity contribution in [1.82, 2.24) is 9.78 Å². The highest BCUT2D eigenvalue weighted by molar-refractivity contribution is 5.91. The number of rotatable bonds is 3. The second-order valence-electron chi connectivity index (χ2n) is 2.53. The van der Waals surface area contributed by atoms with Gasteiger partial charge >= 0.3 is 5.97 Å². The Balaban J connectivity index is 2.98. The van der Waals surface area contributed by atoms with Crippen LogP contribution in [0.2, 0.25) is 0 Å². The van der Waals surface area contributed by atoms with E-state index >= 15 is 0 Å². The molecule has 0 unspecified atom stereocenters. The molecule has 0 fully saturated rings. The number of carbonyl (C=O) groups is 1. The largest absolute Gasteiger partial charge is 0.461 e. The van der Waals surface area contributed by atoms with E-state index in [2.05, 4.69) is 11.7 Å². The van der Waals surface area contributed by atoms with Crippen LogP contribution in [-0.2, 0) is 11.8 Å². The van der Waals surface area contributed by atoms with E-state index in [1.807, 2.05) is 0 Å². The third kappa shape index (κ3) is 1.96. The molecule has 1 aromatic heterocycles. The van der Waals surface area contributed by atoms with Crippen molar-refractivity contribution < 1.29 is 9.53 Å². The highest BCUT2D eigenvalue weighted by Crippen LogP contribution is 2.08. The predicted molar refractivity (Wildman–Crippen MR) is 49.3 cm³/mol. The first-order chi connectivity index (χ1) is 6.19. The molecule has 4 heteroatoms. The first-order valence-electron chi connectivity index (χ1n) is 4.02. The number of carbonyl (C=O) groups excluding carboxylic acids is 1. The Morgan fingerprint density at radius 3 is 3.08 bits per heavy atom. The zero-order chi connectivity index (χ0) is 9.84. The fourth-order valence-corrected chi connectivity index (χ4v) is 1.01. The SMILES string of the molecule is C=Cc1cn(C)nc1C(=O)OCC. The number of esters is 1. The molecule has 0 aliphatic carbocycles. The first kappa shape index (κ1) is 9.51. The molecule has 0 aliphatic heterocycles. The molecule has 4 nitrogen and oxygen atoms in total. The van der Waals surface area contributed by atoms with E-state index in [1.165, 1.54) is 0 Å². The Bertz CT molecular complexity index is 328. The van der Waals surface area contributed by atoms with Crippen LogP contribution in [0.5, 0.6) is 0 Å². The summed E-state index contributed by atoms with van der Waals surface area (Å²) in [6.07, 6.45) is 3.30. The van der Waals surface area contributed by atoms with Gasteiger partial charge in [-0.1, -0.05) is 12.7 Å². The number of nitrogens with zero attached hydrogens (tertiary/aromatic N) is 2. The van der Waals surface area contributed by atoms with Crippen molar-refractivity contribution in [3.63, 3.8) is 0 Å². The van der Waals surface area contributed by atoms with Crippen molar-refractivity contribution in [2.24, 2.45) is 7.05 Å². The first-order valence-corrected chi connectivity index (χ1v) is 4.02. The molecule has 0 spiro atoms. The average molecular weight is 180 g/mol. The van der Waals surface area contributed by atoms with Crippen LogP contribution in [0.15, 0.2) is 12.8 Å². The Morgan fingerprint density at radius 1 is 1.85 bits per heavy atom. The van der Waals surface area contributed by atoms with Crippen LogP contribution in [0, 0.1) is 0 Å². The standard InChI is InChI=1S/C9H12N2O2/c1-4-7-6-11(3)10-8(7)9(12)13-5-2/h4,6H,1,5H2,2-3H3. The van der Waals surface area contributed by atoms with Crippen LogP contribution >= 0.6 is 0 Å². The molecule has 1 heterocycles. The number of aryl methyl sites for hydroxylation is 1. The van der Waals surface area contributed by atoms with E-state index in [4.69, 9.17) is 4.74 Å². The summed E-state index contributed by atoms with van der Waals surface area (Å²) in [5.74, 6) is -0.405. The van der Waals surface area contributed by atoms with Crippen LogP contribution < -0.4 is 0 Å². The van der Waals surface area contributed by atoms with Crippen molar-refractivity contribution in [3.05, 3.63) is 24.0 Å². The third-order valence-electron chi connectivity index (χ3n) is 1.55. The molecular formula is C9H12N2O2. The van der Waals surface area contributed by atoms with Crippen molar-refractivity contribution in [2.45, 2.75) is 6.92 Å². The molecule has 0 aliphatic rings. The molecule has 0 bridgehead atoms. The van der Waals surface area contributed by atoms with Crippen molar-refractivity contribution in [3.8, 4) is 0 Å². The van der Waals surface area contributed by atoms with E-state index in [0.29, 0.717) is 17.9 Å². The summed E-state index contributed by atoms with van der Waals surface area (Å²) in [5.41, 5.74) is 1.01. The lowest BCUT2D eigenvalue weighted by atomic mass is 10.2. The van der Waals surface area contributed by atoms with Gasteiger partial charge in [-0.05, 0) is 6.92 Å². The van der Waals surface area contributed by atoms with Crippen LogP contribution in [0.3, 0.4) is 0 Å². The maximum absolute atomic E-state index is 11.3. The fourth-order valence-electron chi connectivity index (χ4n) is 1.01. The predicted octanol–water partition coefficient (Wildman–Crippen LogP) is 1.24. The molecule has 0 radical (unpaired) electrons. The van der Waals surface area contributed by atoms with Crippen molar-refractivity contribution in [2.75, 3.05) is 6.61 Å². The molecule has 0 amide bonds. The number of aromatic nitrogens is 2. The molecule has 13 heavy (non-hydrogen) atoms. The molecule has 70 valence electrons. The average Bonchev–Trinajstić information content (AvgIpc) is 2.47. The maximum Gasteiger partial charge on any atom is 0.359 e. The van der Waals surface area contributed by atoms with E-state index in [1.54, 1.807) is 30.9 Å². The summed E-state index contributed by atoms with van der Waals surface area (Å²) in [6.45, 7) is 5.70. The summed E-state index contributed by atoms with van der Waals surface area (Å²) in [7, 11) is 1.75. The van der Waals surface area contributed by atoms with Gasteiger partial charge in [-0.25, -0.2) is 4.79 Å². The summed E-state index contributed by atoms with van der Waals surface area (Å²) in [5, 5.41) is 3.97. The van der Waals surface area contributed by atoms with Crippen LogP contribution in [0.4, 0.5) is 0 Å². The molecule has 0 N–H and O–H groups in total. The van der Waals surface area contributed by atoms with E-state index in [-0.39, 0.29) is 0 Å². The monoisotopic (exact) mass is 180 g/mol. The Hall–Kier alpha value is -1.58. The van der Waals surface area contributed by atoms with Crippen molar-refractivity contribution in [1.29, 1.82) is 0 Å². The maximum atomic E-state index is 11.3. The molecule has 0 saturated heterocycles. The summed E-state index contributed by atoms with van der Waals surface area (Å²) < 4.78 is 6.38. The lowest BCUT2D eigenvalue weighted by molar-refractivity contribution is 0.0518. The Labute approximate surface area is 76.8 Å². The second-order valence-corrected chi connectivity index (χ2v) is 2.53. The highest BCUT2D eigenvalue weighted by atomic mass is 16.5. The van der Waals surface area contributed by atoms with Gasteiger partial charge in [-0.15, -0.1) is 0 Å². The van der Waals surface area contributed by atoms with Gasteiger partial charge in [0.1, 0.15) is 0 Å². The molecule has 0 saturated carbocycles. The number of hydrogen-bond acceptors (Lipinski definition) is 3. The number of hydrogen-bond donors (Lipinski definition) is 0. The lowest BCUT2D eigenvalue weighted by Crippen LogP contribution is -2.07. The Morgan fingerprint density at radius 2 is 2.54 bits per heavy atom. The zero-order valence-electron chi connectivity index (χ0n) is 7.78. The van der Waals surface area contributed by atoms with Crippen molar-refractivity contribution >= 4 is 12.0 Å². The van der Waals surface area contributed by atoms with Gasteiger partial charge in [0, 0.05) is 18.8 Å². The van der Waals surface area contributed by atoms with Gasteiger partial charge in [0.05, 0.1) is 6.61 Å². The number of ether oxygens (including phenoxy) is 1.